The fourth-order valence-corrected chi connectivity index (χ4v) is 4.54. The summed E-state index contributed by atoms with van der Waals surface area (Å²) in [5, 5.41) is 10.6. The van der Waals surface area contributed by atoms with Gasteiger partial charge in [0.15, 0.2) is 10.0 Å². The molecule has 0 aliphatic carbocycles. The van der Waals surface area contributed by atoms with Crippen LogP contribution in [0.15, 0.2) is 61.7 Å². The van der Waals surface area contributed by atoms with E-state index in [1.165, 1.54) is 11.3 Å². The number of hydrogen-bond acceptors (Lipinski definition) is 7. The Hall–Kier alpha value is -3.00. The van der Waals surface area contributed by atoms with E-state index < -0.39 is 0 Å². The van der Waals surface area contributed by atoms with E-state index in [1.54, 1.807) is 0 Å². The second-order valence-electron chi connectivity index (χ2n) is 7.41. The Morgan fingerprint density at radius 2 is 1.15 bits per heavy atom. The summed E-state index contributed by atoms with van der Waals surface area (Å²) in [7, 11) is 0. The summed E-state index contributed by atoms with van der Waals surface area (Å²) < 4.78 is 23.7. The van der Waals surface area contributed by atoms with Crippen LogP contribution >= 0.6 is 11.3 Å². The van der Waals surface area contributed by atoms with Crippen LogP contribution in [0.4, 0.5) is 0 Å². The first-order chi connectivity index (χ1) is 16.3. The Morgan fingerprint density at radius 3 is 1.61 bits per heavy atom. The van der Waals surface area contributed by atoms with Crippen LogP contribution in [-0.2, 0) is 22.3 Å². The van der Waals surface area contributed by atoms with Crippen molar-refractivity contribution in [2.75, 3.05) is 39.6 Å². The first kappa shape index (κ1) is 23.2. The van der Waals surface area contributed by atoms with Crippen molar-refractivity contribution in [2.45, 2.75) is 12.8 Å². The van der Waals surface area contributed by atoms with Gasteiger partial charge in [0.25, 0.3) is 0 Å². The first-order valence-electron chi connectivity index (χ1n) is 11.0. The van der Waals surface area contributed by atoms with Crippen molar-refractivity contribution >= 4 is 11.3 Å². The molecule has 0 saturated heterocycles. The number of rotatable bonds is 4. The number of para-hydroxylation sites is 2. The molecule has 7 heteroatoms. The van der Waals surface area contributed by atoms with E-state index >= 15 is 0 Å². The van der Waals surface area contributed by atoms with Crippen molar-refractivity contribution in [3.05, 3.63) is 72.8 Å². The maximum Gasteiger partial charge on any atom is 0.151 e. The van der Waals surface area contributed by atoms with Crippen molar-refractivity contribution in [3.8, 4) is 32.6 Å². The van der Waals surface area contributed by atoms with Crippen molar-refractivity contribution in [1.82, 2.24) is 10.2 Å². The SMILES string of the molecule is C=CCc1cccc2c1OCCOCCOCCOc1c(CC=C)cccc1-c1nnc-2s1. The average Bonchev–Trinajstić information content (AvgIpc) is 3.31. The third-order valence-corrected chi connectivity index (χ3v) is 6.12. The Morgan fingerprint density at radius 1 is 0.697 bits per heavy atom. The summed E-state index contributed by atoms with van der Waals surface area (Å²) in [4.78, 5) is 0. The van der Waals surface area contributed by atoms with Gasteiger partial charge in [0, 0.05) is 0 Å². The maximum atomic E-state index is 6.17. The van der Waals surface area contributed by atoms with Crippen LogP contribution in [0.2, 0.25) is 0 Å². The zero-order chi connectivity index (χ0) is 22.9. The third kappa shape index (κ3) is 5.68. The highest BCUT2D eigenvalue weighted by Gasteiger charge is 2.19. The second-order valence-corrected chi connectivity index (χ2v) is 8.38. The molecule has 0 saturated carbocycles. The minimum absolute atomic E-state index is 0.434. The molecule has 0 unspecified atom stereocenters. The van der Waals surface area contributed by atoms with Crippen molar-refractivity contribution < 1.29 is 18.9 Å². The molecule has 0 spiro atoms. The summed E-state index contributed by atoms with van der Waals surface area (Å²) in [6, 6.07) is 12.1. The van der Waals surface area contributed by atoms with E-state index in [9.17, 15) is 0 Å². The lowest BCUT2D eigenvalue weighted by atomic mass is 10.1. The lowest BCUT2D eigenvalue weighted by Gasteiger charge is -2.14. The molecule has 1 aliphatic heterocycles. The summed E-state index contributed by atoms with van der Waals surface area (Å²) in [5.74, 6) is 1.59. The average molecular weight is 465 g/mol. The number of ether oxygens (including phenoxy) is 4. The number of aromatic nitrogens is 2. The van der Waals surface area contributed by atoms with Crippen LogP contribution in [-0.4, -0.2) is 49.8 Å². The van der Waals surface area contributed by atoms with E-state index in [0.717, 1.165) is 43.8 Å². The zero-order valence-corrected chi connectivity index (χ0v) is 19.4. The summed E-state index contributed by atoms with van der Waals surface area (Å²) in [6.07, 6.45) is 5.14. The molecule has 2 heterocycles. The van der Waals surface area contributed by atoms with E-state index in [4.69, 9.17) is 18.9 Å². The number of hydrogen-bond donors (Lipinski definition) is 0. The molecule has 6 nitrogen and oxygen atoms in total. The number of nitrogens with zero attached hydrogens (tertiary/aromatic N) is 2. The second kappa shape index (κ2) is 11.7. The van der Waals surface area contributed by atoms with Crippen molar-refractivity contribution in [3.63, 3.8) is 0 Å². The maximum absolute atomic E-state index is 6.17. The fraction of sp³-hybridized carbons (Fsp3) is 0.308. The van der Waals surface area contributed by atoms with E-state index in [2.05, 4.69) is 23.4 Å². The highest BCUT2D eigenvalue weighted by molar-refractivity contribution is 7.18. The van der Waals surface area contributed by atoms with Gasteiger partial charge in [0.05, 0.1) is 37.6 Å². The van der Waals surface area contributed by atoms with Gasteiger partial charge in [-0.2, -0.15) is 0 Å². The molecule has 0 radical (unpaired) electrons. The molecule has 0 N–H and O–H groups in total. The molecule has 33 heavy (non-hydrogen) atoms. The zero-order valence-electron chi connectivity index (χ0n) is 18.6. The van der Waals surface area contributed by atoms with E-state index in [1.807, 2.05) is 48.6 Å². The van der Waals surface area contributed by atoms with Crippen LogP contribution in [0.1, 0.15) is 11.1 Å². The Kier molecular flexibility index (Phi) is 8.24. The van der Waals surface area contributed by atoms with Crippen LogP contribution in [0, 0.1) is 0 Å². The van der Waals surface area contributed by atoms with Crippen LogP contribution in [0.3, 0.4) is 0 Å². The fourth-order valence-electron chi connectivity index (χ4n) is 3.65. The van der Waals surface area contributed by atoms with E-state index in [-0.39, 0.29) is 0 Å². The summed E-state index contributed by atoms with van der Waals surface area (Å²) in [6.45, 7) is 10.6. The van der Waals surface area contributed by atoms with Crippen LogP contribution < -0.4 is 9.47 Å². The van der Waals surface area contributed by atoms with Gasteiger partial charge in [0.2, 0.25) is 0 Å². The normalized spacial score (nSPS) is 14.7. The van der Waals surface area contributed by atoms with Crippen molar-refractivity contribution in [1.29, 1.82) is 0 Å². The molecule has 3 aromatic rings. The van der Waals surface area contributed by atoms with Gasteiger partial charge < -0.3 is 18.9 Å². The molecule has 0 amide bonds. The monoisotopic (exact) mass is 464 g/mol. The highest BCUT2D eigenvalue weighted by Crippen LogP contribution is 2.41. The Balaban J connectivity index is 1.77. The molecule has 2 bridgehead atoms. The molecule has 4 rings (SSSR count). The third-order valence-electron chi connectivity index (χ3n) is 5.13. The van der Waals surface area contributed by atoms with Crippen LogP contribution in [0.5, 0.6) is 11.5 Å². The smallest absolute Gasteiger partial charge is 0.151 e. The lowest BCUT2D eigenvalue weighted by Crippen LogP contribution is -2.14. The number of benzene rings is 2. The summed E-state index contributed by atoms with van der Waals surface area (Å²) in [5.41, 5.74) is 3.93. The van der Waals surface area contributed by atoms with Gasteiger partial charge in [-0.15, -0.1) is 23.4 Å². The van der Waals surface area contributed by atoms with Gasteiger partial charge >= 0.3 is 0 Å². The Labute approximate surface area is 198 Å². The molecule has 172 valence electrons. The predicted octanol–water partition coefficient (Wildman–Crippen LogP) is 5.13. The molecule has 2 aromatic carbocycles. The first-order valence-corrected chi connectivity index (χ1v) is 11.8. The highest BCUT2D eigenvalue weighted by atomic mass is 32.1. The van der Waals surface area contributed by atoms with Gasteiger partial charge in [0.1, 0.15) is 24.7 Å². The van der Waals surface area contributed by atoms with Crippen molar-refractivity contribution in [2.24, 2.45) is 0 Å². The molecule has 0 atom stereocenters. The predicted molar refractivity (Wildman–Crippen MR) is 131 cm³/mol. The topological polar surface area (TPSA) is 62.7 Å². The summed E-state index contributed by atoms with van der Waals surface area (Å²) >= 11 is 1.52. The van der Waals surface area contributed by atoms with Gasteiger partial charge in [-0.05, 0) is 36.1 Å². The van der Waals surface area contributed by atoms with Gasteiger partial charge in [-0.1, -0.05) is 47.8 Å². The molecular weight excluding hydrogens is 436 g/mol. The largest absolute Gasteiger partial charge is 0.490 e. The van der Waals surface area contributed by atoms with Crippen LogP contribution in [0.25, 0.3) is 21.1 Å². The minimum Gasteiger partial charge on any atom is -0.490 e. The molecule has 1 aromatic heterocycles. The standard InChI is InChI=1S/C26H28N2O4S/c1-3-7-19-9-5-11-21-23(19)31-17-15-29-13-14-30-16-18-32-24-20(8-4-2)10-6-12-22(24)26-28-27-25(21)33-26/h3-6,9-12H,1-2,7-8,13-18H2. The van der Waals surface area contributed by atoms with Gasteiger partial charge in [-0.25, -0.2) is 0 Å². The lowest BCUT2D eigenvalue weighted by molar-refractivity contribution is 0.0273. The minimum atomic E-state index is 0.434. The van der Waals surface area contributed by atoms with E-state index in [0.29, 0.717) is 52.5 Å². The molecule has 1 aliphatic rings. The molecule has 0 fully saturated rings. The number of allylic oxidation sites excluding steroid dienone is 2. The van der Waals surface area contributed by atoms with Gasteiger partial charge in [-0.3, -0.25) is 0 Å². The molecular formula is C26H28N2O4S. The quantitative estimate of drug-likeness (QED) is 0.499. The Bertz CT molecular complexity index is 1010. The number of fused-ring (bicyclic) bond motifs is 6.